The molecule has 0 saturated carbocycles. The number of nitrogens with one attached hydrogen (secondary N) is 1. The molecule has 1 fully saturated rings. The number of hydrogen-bond donors (Lipinski definition) is 1. The molecule has 0 aliphatic carbocycles. The van der Waals surface area contributed by atoms with Gasteiger partial charge in [-0.05, 0) is 37.3 Å². The van der Waals surface area contributed by atoms with Crippen molar-refractivity contribution in [1.29, 1.82) is 0 Å². The Bertz CT molecular complexity index is 690. The number of rotatable bonds is 4. The lowest BCUT2D eigenvalue weighted by Gasteiger charge is -2.35. The average Bonchev–Trinajstić information content (AvgIpc) is 2.64. The number of nitrogens with zero attached hydrogens (tertiary/aromatic N) is 4. The zero-order chi connectivity index (χ0) is 17.6. The van der Waals surface area contributed by atoms with Crippen molar-refractivity contribution in [3.05, 3.63) is 47.7 Å². The maximum absolute atomic E-state index is 12.4. The molecule has 1 N–H and O–H groups in total. The summed E-state index contributed by atoms with van der Waals surface area (Å²) in [6.07, 6.45) is 3.00. The molecule has 1 aromatic heterocycles. The van der Waals surface area contributed by atoms with Crippen LogP contribution >= 0.6 is 11.6 Å². The van der Waals surface area contributed by atoms with Gasteiger partial charge in [0.25, 0.3) is 0 Å². The molecule has 1 aliphatic heterocycles. The van der Waals surface area contributed by atoms with Crippen LogP contribution < -0.4 is 15.0 Å². The van der Waals surface area contributed by atoms with Gasteiger partial charge in [0.2, 0.25) is 5.95 Å². The van der Waals surface area contributed by atoms with Crippen molar-refractivity contribution < 1.29 is 9.53 Å². The molecule has 132 valence electrons. The predicted molar refractivity (Wildman–Crippen MR) is 95.9 cm³/mol. The number of halogens is 1. The number of carbonyl (C=O) groups excluding carboxylic acids is 1. The molecule has 1 unspecified atom stereocenters. The van der Waals surface area contributed by atoms with Crippen molar-refractivity contribution in [3.63, 3.8) is 0 Å². The molecule has 3 rings (SSSR count). The molecule has 2 aromatic rings. The molecule has 2 heterocycles. The standard InChI is InChI=1S/C17H20ClN5O2/c1-13(25-15-5-3-14(18)4-6-15)21-17(24)23-11-9-22(10-12-23)16-19-7-2-8-20-16/h2-8,13H,9-12H2,1H3,(H,21,24). The first kappa shape index (κ1) is 17.3. The lowest BCUT2D eigenvalue weighted by atomic mass is 10.3. The van der Waals surface area contributed by atoms with Crippen LogP contribution in [0.15, 0.2) is 42.7 Å². The molecule has 0 bridgehead atoms. The van der Waals surface area contributed by atoms with E-state index >= 15 is 0 Å². The Balaban J connectivity index is 1.46. The minimum atomic E-state index is -0.441. The number of ether oxygens (including phenoxy) is 1. The van der Waals surface area contributed by atoms with Crippen molar-refractivity contribution in [2.24, 2.45) is 0 Å². The van der Waals surface area contributed by atoms with E-state index < -0.39 is 6.23 Å². The largest absolute Gasteiger partial charge is 0.471 e. The molecule has 1 atom stereocenters. The van der Waals surface area contributed by atoms with Gasteiger partial charge in [0.05, 0.1) is 0 Å². The fraction of sp³-hybridized carbons (Fsp3) is 0.353. The smallest absolute Gasteiger partial charge is 0.320 e. The Morgan fingerprint density at radius 1 is 1.16 bits per heavy atom. The first-order valence-electron chi connectivity index (χ1n) is 8.11. The fourth-order valence-corrected chi connectivity index (χ4v) is 2.70. The van der Waals surface area contributed by atoms with Gasteiger partial charge >= 0.3 is 6.03 Å². The van der Waals surface area contributed by atoms with E-state index in [1.165, 1.54) is 0 Å². The molecule has 7 nitrogen and oxygen atoms in total. The number of benzene rings is 1. The molecule has 8 heteroatoms. The van der Waals surface area contributed by atoms with Crippen LogP contribution in [0, 0.1) is 0 Å². The summed E-state index contributed by atoms with van der Waals surface area (Å²) < 4.78 is 5.67. The molecular weight excluding hydrogens is 342 g/mol. The van der Waals surface area contributed by atoms with Crippen molar-refractivity contribution >= 4 is 23.6 Å². The summed E-state index contributed by atoms with van der Waals surface area (Å²) in [5.74, 6) is 1.35. The van der Waals surface area contributed by atoms with Crippen molar-refractivity contribution in [3.8, 4) is 5.75 Å². The lowest BCUT2D eigenvalue weighted by molar-refractivity contribution is 0.151. The predicted octanol–water partition coefficient (Wildman–Crippen LogP) is 2.39. The Morgan fingerprint density at radius 3 is 2.44 bits per heavy atom. The van der Waals surface area contributed by atoms with Crippen LogP contribution in [0.25, 0.3) is 0 Å². The average molecular weight is 362 g/mol. The van der Waals surface area contributed by atoms with Gasteiger partial charge in [-0.25, -0.2) is 14.8 Å². The SMILES string of the molecule is CC(NC(=O)N1CCN(c2ncccn2)CC1)Oc1ccc(Cl)cc1. The van der Waals surface area contributed by atoms with Crippen LogP contribution in [0.5, 0.6) is 5.75 Å². The van der Waals surface area contributed by atoms with E-state index in [-0.39, 0.29) is 6.03 Å². The number of urea groups is 1. The summed E-state index contributed by atoms with van der Waals surface area (Å²) in [6.45, 7) is 4.41. The Morgan fingerprint density at radius 2 is 1.80 bits per heavy atom. The molecule has 0 radical (unpaired) electrons. The normalized spacial score (nSPS) is 15.6. The topological polar surface area (TPSA) is 70.6 Å². The Hall–Kier alpha value is -2.54. The molecule has 1 saturated heterocycles. The zero-order valence-electron chi connectivity index (χ0n) is 13.9. The third-order valence-electron chi connectivity index (χ3n) is 3.86. The molecule has 1 aromatic carbocycles. The minimum absolute atomic E-state index is 0.143. The van der Waals surface area contributed by atoms with Gasteiger partial charge in [0.15, 0.2) is 6.23 Å². The van der Waals surface area contributed by atoms with Gasteiger partial charge in [-0.15, -0.1) is 0 Å². The maximum atomic E-state index is 12.4. The monoisotopic (exact) mass is 361 g/mol. The van der Waals surface area contributed by atoms with E-state index in [1.54, 1.807) is 54.5 Å². The van der Waals surface area contributed by atoms with Crippen LogP contribution in [0.1, 0.15) is 6.92 Å². The second-order valence-electron chi connectivity index (χ2n) is 5.69. The number of amides is 2. The lowest BCUT2D eigenvalue weighted by Crippen LogP contribution is -2.54. The molecule has 25 heavy (non-hydrogen) atoms. The van der Waals surface area contributed by atoms with E-state index in [9.17, 15) is 4.79 Å². The summed E-state index contributed by atoms with van der Waals surface area (Å²) in [4.78, 5) is 24.7. The second kappa shape index (κ2) is 8.02. The van der Waals surface area contributed by atoms with Gasteiger partial charge in [-0.1, -0.05) is 11.6 Å². The Kier molecular flexibility index (Phi) is 5.55. The second-order valence-corrected chi connectivity index (χ2v) is 6.12. The van der Waals surface area contributed by atoms with Crippen LogP contribution in [0.4, 0.5) is 10.7 Å². The van der Waals surface area contributed by atoms with Gasteiger partial charge in [-0.2, -0.15) is 0 Å². The minimum Gasteiger partial charge on any atom is -0.471 e. The number of hydrogen-bond acceptors (Lipinski definition) is 5. The number of carbonyl (C=O) groups is 1. The van der Waals surface area contributed by atoms with Gasteiger partial charge in [-0.3, -0.25) is 0 Å². The molecule has 0 spiro atoms. The van der Waals surface area contributed by atoms with Crippen molar-refractivity contribution in [2.75, 3.05) is 31.1 Å². The zero-order valence-corrected chi connectivity index (χ0v) is 14.7. The molecule has 1 aliphatic rings. The first-order chi connectivity index (χ1) is 12.1. The van der Waals surface area contributed by atoms with Gasteiger partial charge in [0.1, 0.15) is 5.75 Å². The highest BCUT2D eigenvalue weighted by Crippen LogP contribution is 2.16. The van der Waals surface area contributed by atoms with Crippen LogP contribution in [0.3, 0.4) is 0 Å². The van der Waals surface area contributed by atoms with E-state index in [0.717, 1.165) is 0 Å². The number of piperazine rings is 1. The third-order valence-corrected chi connectivity index (χ3v) is 4.11. The summed E-state index contributed by atoms with van der Waals surface area (Å²) in [6, 6.07) is 8.67. The van der Waals surface area contributed by atoms with Crippen LogP contribution in [-0.4, -0.2) is 53.3 Å². The van der Waals surface area contributed by atoms with E-state index in [0.29, 0.717) is 42.9 Å². The van der Waals surface area contributed by atoms with E-state index in [1.807, 2.05) is 0 Å². The van der Waals surface area contributed by atoms with Crippen molar-refractivity contribution in [2.45, 2.75) is 13.2 Å². The summed E-state index contributed by atoms with van der Waals surface area (Å²) in [5, 5.41) is 3.49. The first-order valence-corrected chi connectivity index (χ1v) is 8.49. The molecule has 2 amide bonds. The third kappa shape index (κ3) is 4.73. The van der Waals surface area contributed by atoms with Gasteiger partial charge in [0, 0.05) is 43.6 Å². The number of aromatic nitrogens is 2. The Labute approximate surface area is 151 Å². The summed E-state index contributed by atoms with van der Waals surface area (Å²) >= 11 is 5.85. The highest BCUT2D eigenvalue weighted by Gasteiger charge is 2.23. The van der Waals surface area contributed by atoms with Crippen molar-refractivity contribution in [1.82, 2.24) is 20.2 Å². The quantitative estimate of drug-likeness (QED) is 0.847. The van der Waals surface area contributed by atoms with E-state index in [2.05, 4.69) is 20.2 Å². The summed E-state index contributed by atoms with van der Waals surface area (Å²) in [7, 11) is 0. The number of anilines is 1. The summed E-state index contributed by atoms with van der Waals surface area (Å²) in [5.41, 5.74) is 0. The fourth-order valence-electron chi connectivity index (χ4n) is 2.58. The van der Waals surface area contributed by atoms with Gasteiger partial charge < -0.3 is 19.9 Å². The highest BCUT2D eigenvalue weighted by molar-refractivity contribution is 6.30. The molecular formula is C17H20ClN5O2. The maximum Gasteiger partial charge on any atom is 0.320 e. The van der Waals surface area contributed by atoms with Crippen LogP contribution in [-0.2, 0) is 0 Å². The van der Waals surface area contributed by atoms with Crippen LogP contribution in [0.2, 0.25) is 5.02 Å². The highest BCUT2D eigenvalue weighted by atomic mass is 35.5. The van der Waals surface area contributed by atoms with E-state index in [4.69, 9.17) is 16.3 Å².